The second kappa shape index (κ2) is 8.73. The molecule has 0 fully saturated rings. The predicted molar refractivity (Wildman–Crippen MR) is 85.0 cm³/mol. The molecule has 0 spiro atoms. The minimum Gasteiger partial charge on any atom is -0.314 e. The highest BCUT2D eigenvalue weighted by molar-refractivity contribution is 5.85. The van der Waals surface area contributed by atoms with Crippen LogP contribution in [-0.4, -0.2) is 12.6 Å². The topological polar surface area (TPSA) is 12.0 Å². The summed E-state index contributed by atoms with van der Waals surface area (Å²) in [5.41, 5.74) is 3.06. The van der Waals surface area contributed by atoms with Gasteiger partial charge in [-0.3, -0.25) is 0 Å². The van der Waals surface area contributed by atoms with Gasteiger partial charge in [0.05, 0.1) is 0 Å². The van der Waals surface area contributed by atoms with Gasteiger partial charge in [0.1, 0.15) is 0 Å². The van der Waals surface area contributed by atoms with Crippen LogP contribution in [0.3, 0.4) is 0 Å². The average Bonchev–Trinajstić information content (AvgIpc) is 2.84. The molecular weight excluding hydrogens is 254 g/mol. The molecule has 0 aliphatic heterocycles. The molecule has 3 rings (SSSR count). The van der Waals surface area contributed by atoms with E-state index in [1.807, 2.05) is 36.4 Å². The fourth-order valence-corrected chi connectivity index (χ4v) is 2.38. The zero-order chi connectivity index (χ0) is 12.6. The lowest BCUT2D eigenvalue weighted by Crippen LogP contribution is -2.28. The molecule has 19 heavy (non-hydrogen) atoms. The molecule has 0 bridgehead atoms. The predicted octanol–water partition coefficient (Wildman–Crippen LogP) is 3.87. The van der Waals surface area contributed by atoms with Crippen molar-refractivity contribution in [3.05, 3.63) is 71.8 Å². The lowest BCUT2D eigenvalue weighted by molar-refractivity contribution is 0.552. The second-order valence-corrected chi connectivity index (χ2v) is 4.59. The van der Waals surface area contributed by atoms with Crippen LogP contribution in [0.15, 0.2) is 60.7 Å². The van der Waals surface area contributed by atoms with Crippen LogP contribution in [0.5, 0.6) is 0 Å². The third-order valence-corrected chi connectivity index (χ3v) is 3.21. The van der Waals surface area contributed by atoms with Crippen LogP contribution in [0.2, 0.25) is 0 Å². The highest BCUT2D eigenvalue weighted by Gasteiger charge is 2.18. The van der Waals surface area contributed by atoms with Gasteiger partial charge in [-0.1, -0.05) is 67.6 Å². The fraction of sp³-hybridized carbons (Fsp3) is 0.294. The first kappa shape index (κ1) is 15.7. The van der Waals surface area contributed by atoms with Gasteiger partial charge in [-0.2, -0.15) is 0 Å². The third-order valence-electron chi connectivity index (χ3n) is 3.21. The molecule has 0 heterocycles. The van der Waals surface area contributed by atoms with E-state index in [2.05, 4.69) is 36.5 Å². The van der Waals surface area contributed by atoms with E-state index in [0.29, 0.717) is 6.04 Å². The Morgan fingerprint density at radius 3 is 1.63 bits per heavy atom. The van der Waals surface area contributed by atoms with Crippen molar-refractivity contribution < 1.29 is 0 Å². The van der Waals surface area contributed by atoms with Gasteiger partial charge in [-0.25, -0.2) is 0 Å². The van der Waals surface area contributed by atoms with Gasteiger partial charge in [-0.05, 0) is 30.5 Å². The van der Waals surface area contributed by atoms with Crippen molar-refractivity contribution in [1.29, 1.82) is 0 Å². The normalized spacial score (nSPS) is 12.9. The van der Waals surface area contributed by atoms with Crippen LogP contribution in [0.1, 0.15) is 18.1 Å². The molecule has 0 radical (unpaired) electrons. The SMILES string of the molecule is CCNC1Cc2ccccc2C1.Cl.c1ccccc1. The standard InChI is InChI=1S/C11H15N.C6H6.ClH/c1-2-12-11-7-9-5-3-4-6-10(9)8-11;1-2-4-6-5-3-1;/h3-6,11-12H,2,7-8H2,1H3;1-6H;1H. The van der Waals surface area contributed by atoms with Crippen molar-refractivity contribution in [2.45, 2.75) is 25.8 Å². The Balaban J connectivity index is 0.000000220. The number of likely N-dealkylation sites (N-methyl/N-ethyl adjacent to an activating group) is 1. The number of halogens is 1. The van der Waals surface area contributed by atoms with E-state index >= 15 is 0 Å². The minimum atomic E-state index is 0. The molecule has 0 aromatic heterocycles. The van der Waals surface area contributed by atoms with E-state index in [9.17, 15) is 0 Å². The molecule has 102 valence electrons. The maximum atomic E-state index is 3.49. The van der Waals surface area contributed by atoms with Crippen molar-refractivity contribution >= 4 is 12.4 Å². The Hall–Kier alpha value is -1.31. The first-order valence-corrected chi connectivity index (χ1v) is 6.70. The summed E-state index contributed by atoms with van der Waals surface area (Å²) in [6.07, 6.45) is 2.42. The fourth-order valence-electron chi connectivity index (χ4n) is 2.38. The van der Waals surface area contributed by atoms with E-state index in [0.717, 1.165) is 6.54 Å². The van der Waals surface area contributed by atoms with Crippen LogP contribution < -0.4 is 5.32 Å². The number of benzene rings is 2. The molecule has 0 unspecified atom stereocenters. The molecule has 1 aliphatic carbocycles. The summed E-state index contributed by atoms with van der Waals surface area (Å²) in [5, 5.41) is 3.49. The summed E-state index contributed by atoms with van der Waals surface area (Å²) in [7, 11) is 0. The van der Waals surface area contributed by atoms with Crippen molar-refractivity contribution in [1.82, 2.24) is 5.32 Å². The Labute approximate surface area is 122 Å². The zero-order valence-corrected chi connectivity index (χ0v) is 12.2. The Morgan fingerprint density at radius 2 is 1.26 bits per heavy atom. The van der Waals surface area contributed by atoms with E-state index in [4.69, 9.17) is 0 Å². The third kappa shape index (κ3) is 5.06. The van der Waals surface area contributed by atoms with Gasteiger partial charge < -0.3 is 5.32 Å². The van der Waals surface area contributed by atoms with E-state index < -0.39 is 0 Å². The van der Waals surface area contributed by atoms with Crippen molar-refractivity contribution in [3.63, 3.8) is 0 Å². The largest absolute Gasteiger partial charge is 0.314 e. The molecule has 2 aromatic carbocycles. The highest BCUT2D eigenvalue weighted by Crippen LogP contribution is 2.21. The maximum absolute atomic E-state index is 3.49. The summed E-state index contributed by atoms with van der Waals surface area (Å²) in [4.78, 5) is 0. The molecule has 1 nitrogen and oxygen atoms in total. The van der Waals surface area contributed by atoms with E-state index in [-0.39, 0.29) is 12.4 Å². The van der Waals surface area contributed by atoms with Crippen molar-refractivity contribution in [2.75, 3.05) is 6.54 Å². The van der Waals surface area contributed by atoms with Crippen LogP contribution in [-0.2, 0) is 12.8 Å². The zero-order valence-electron chi connectivity index (χ0n) is 11.4. The monoisotopic (exact) mass is 275 g/mol. The van der Waals surface area contributed by atoms with Crippen LogP contribution in [0.4, 0.5) is 0 Å². The number of hydrogen-bond acceptors (Lipinski definition) is 1. The van der Waals surface area contributed by atoms with E-state index in [1.54, 1.807) is 0 Å². The highest BCUT2D eigenvalue weighted by atomic mass is 35.5. The van der Waals surface area contributed by atoms with Crippen LogP contribution in [0.25, 0.3) is 0 Å². The van der Waals surface area contributed by atoms with E-state index in [1.165, 1.54) is 24.0 Å². The lowest BCUT2D eigenvalue weighted by atomic mass is 10.1. The molecule has 2 aromatic rings. The summed E-state index contributed by atoms with van der Waals surface area (Å²) < 4.78 is 0. The number of rotatable bonds is 2. The number of hydrogen-bond donors (Lipinski definition) is 1. The molecular formula is C17H22ClN. The maximum Gasteiger partial charge on any atom is 0.0148 e. The summed E-state index contributed by atoms with van der Waals surface area (Å²) in [6.45, 7) is 3.25. The molecule has 1 aliphatic rings. The molecule has 0 saturated carbocycles. The van der Waals surface area contributed by atoms with Gasteiger partial charge in [0.2, 0.25) is 0 Å². The summed E-state index contributed by atoms with van der Waals surface area (Å²) >= 11 is 0. The number of nitrogens with one attached hydrogen (secondary N) is 1. The number of fused-ring (bicyclic) bond motifs is 1. The minimum absolute atomic E-state index is 0. The van der Waals surface area contributed by atoms with Crippen LogP contribution in [0, 0.1) is 0 Å². The smallest absolute Gasteiger partial charge is 0.0148 e. The van der Waals surface area contributed by atoms with Gasteiger partial charge in [-0.15, -0.1) is 12.4 Å². The van der Waals surface area contributed by atoms with Gasteiger partial charge >= 0.3 is 0 Å². The summed E-state index contributed by atoms with van der Waals surface area (Å²) in [5.74, 6) is 0. The Bertz CT molecular complexity index is 404. The van der Waals surface area contributed by atoms with Gasteiger partial charge in [0, 0.05) is 6.04 Å². The second-order valence-electron chi connectivity index (χ2n) is 4.59. The lowest BCUT2D eigenvalue weighted by Gasteiger charge is -2.08. The first-order valence-electron chi connectivity index (χ1n) is 6.70. The Morgan fingerprint density at radius 1 is 0.842 bits per heavy atom. The molecule has 1 N–H and O–H groups in total. The van der Waals surface area contributed by atoms with Gasteiger partial charge in [0.25, 0.3) is 0 Å². The average molecular weight is 276 g/mol. The van der Waals surface area contributed by atoms with Gasteiger partial charge in [0.15, 0.2) is 0 Å². The quantitative estimate of drug-likeness (QED) is 0.877. The Kier molecular flexibility index (Phi) is 7.24. The van der Waals surface area contributed by atoms with Crippen molar-refractivity contribution in [3.8, 4) is 0 Å². The van der Waals surface area contributed by atoms with Crippen LogP contribution >= 0.6 is 12.4 Å². The summed E-state index contributed by atoms with van der Waals surface area (Å²) in [6, 6.07) is 21.4. The molecule has 0 atom stereocenters. The molecule has 0 amide bonds. The van der Waals surface area contributed by atoms with Crippen molar-refractivity contribution in [2.24, 2.45) is 0 Å². The molecule has 0 saturated heterocycles. The molecule has 2 heteroatoms. The first-order chi connectivity index (χ1) is 8.90.